The number of likely N-dealkylation sites (tertiary alicyclic amines) is 1. The minimum atomic E-state index is -0.892. The molecule has 3 amide bonds. The minimum Gasteiger partial charge on any atom is -0.490 e. The number of hydrogen-bond acceptors (Lipinski definition) is 4. The molecular weight excluding hydrogens is 396 g/mol. The van der Waals surface area contributed by atoms with Crippen molar-refractivity contribution in [3.8, 4) is 17.6 Å². The molecule has 4 rings (SSSR count). The zero-order valence-electron chi connectivity index (χ0n) is 16.9. The Bertz CT molecular complexity index is 1040. The maximum Gasteiger partial charge on any atom is 0.407 e. The molecule has 0 aromatic heterocycles. The molecule has 1 saturated heterocycles. The van der Waals surface area contributed by atoms with E-state index in [1.807, 2.05) is 24.3 Å². The first kappa shape index (κ1) is 20.5. The summed E-state index contributed by atoms with van der Waals surface area (Å²) in [5.74, 6) is 6.23. The highest BCUT2D eigenvalue weighted by Gasteiger charge is 2.34. The first-order valence-corrected chi connectivity index (χ1v) is 10.2. The number of fused-ring (bicyclic) bond motifs is 1. The van der Waals surface area contributed by atoms with Crippen molar-refractivity contribution in [2.45, 2.75) is 25.4 Å². The zero-order valence-corrected chi connectivity index (χ0v) is 16.9. The van der Waals surface area contributed by atoms with Crippen LogP contribution < -0.4 is 4.74 Å². The van der Waals surface area contributed by atoms with Gasteiger partial charge in [-0.3, -0.25) is 14.5 Å². The Morgan fingerprint density at radius 1 is 1.03 bits per heavy atom. The van der Waals surface area contributed by atoms with Crippen molar-refractivity contribution in [3.05, 3.63) is 65.2 Å². The van der Waals surface area contributed by atoms with Crippen molar-refractivity contribution >= 4 is 17.9 Å². The smallest absolute Gasteiger partial charge is 0.407 e. The van der Waals surface area contributed by atoms with Crippen LogP contribution in [0, 0.1) is 11.8 Å². The molecule has 2 aliphatic heterocycles. The van der Waals surface area contributed by atoms with Gasteiger partial charge in [-0.05, 0) is 30.3 Å². The molecule has 1 N–H and O–H groups in total. The second-order valence-corrected chi connectivity index (χ2v) is 7.47. The first-order chi connectivity index (χ1) is 15.0. The molecule has 1 fully saturated rings. The van der Waals surface area contributed by atoms with Gasteiger partial charge < -0.3 is 14.7 Å². The number of rotatable bonds is 4. The quantitative estimate of drug-likeness (QED) is 0.608. The third-order valence-electron chi connectivity index (χ3n) is 5.42. The summed E-state index contributed by atoms with van der Waals surface area (Å²) in [7, 11) is 0. The Balaban J connectivity index is 1.31. The molecular formula is C24H22N2O5. The van der Waals surface area contributed by atoms with E-state index in [4.69, 9.17) is 9.84 Å². The van der Waals surface area contributed by atoms with E-state index >= 15 is 0 Å². The number of carboxylic acid groups (broad SMARTS) is 1. The number of piperidine rings is 1. The fourth-order valence-electron chi connectivity index (χ4n) is 3.78. The summed E-state index contributed by atoms with van der Waals surface area (Å²) in [5, 5.41) is 9.03. The fourth-order valence-corrected chi connectivity index (χ4v) is 3.78. The number of nitrogens with zero attached hydrogens (tertiary/aromatic N) is 2. The van der Waals surface area contributed by atoms with Crippen LogP contribution in [-0.4, -0.2) is 58.6 Å². The summed E-state index contributed by atoms with van der Waals surface area (Å²) in [6.07, 6.45) is 0.777. The molecule has 2 aromatic rings. The highest BCUT2D eigenvalue weighted by Crippen LogP contribution is 2.23. The highest BCUT2D eigenvalue weighted by atomic mass is 16.5. The maximum absolute atomic E-state index is 12.4. The zero-order chi connectivity index (χ0) is 21.8. The lowest BCUT2D eigenvalue weighted by Crippen LogP contribution is -2.41. The lowest BCUT2D eigenvalue weighted by Gasteiger charge is -2.30. The topological polar surface area (TPSA) is 87.2 Å². The molecule has 2 heterocycles. The van der Waals surface area contributed by atoms with Crippen LogP contribution in [0.15, 0.2) is 48.5 Å². The molecule has 0 unspecified atom stereocenters. The number of ether oxygens (including phenoxy) is 1. The lowest BCUT2D eigenvalue weighted by molar-refractivity contribution is 0.0657. The molecule has 7 heteroatoms. The Kier molecular flexibility index (Phi) is 5.89. The van der Waals surface area contributed by atoms with Gasteiger partial charge >= 0.3 is 6.09 Å². The summed E-state index contributed by atoms with van der Waals surface area (Å²) in [5.41, 5.74) is 1.67. The minimum absolute atomic E-state index is 0.0207. The Hall–Kier alpha value is -3.79. The number of benzene rings is 2. The van der Waals surface area contributed by atoms with E-state index in [1.165, 1.54) is 9.80 Å². The largest absolute Gasteiger partial charge is 0.490 e. The molecule has 0 spiro atoms. The number of imide groups is 1. The molecule has 0 atom stereocenters. The molecule has 0 radical (unpaired) electrons. The van der Waals surface area contributed by atoms with Gasteiger partial charge in [0.1, 0.15) is 11.9 Å². The average Bonchev–Trinajstić information content (AvgIpc) is 3.02. The van der Waals surface area contributed by atoms with Gasteiger partial charge in [0.25, 0.3) is 11.8 Å². The maximum atomic E-state index is 12.4. The lowest BCUT2D eigenvalue weighted by atomic mass is 10.1. The van der Waals surface area contributed by atoms with E-state index in [-0.39, 0.29) is 24.5 Å². The number of carbonyl (C=O) groups is 3. The summed E-state index contributed by atoms with van der Waals surface area (Å²) in [4.78, 5) is 38.4. The SMILES string of the molecule is O=C(O)N1CCC(Oc2cccc(C#CCCN3C(=O)c4ccccc4C3=O)c2)CC1. The normalized spacial score (nSPS) is 16.0. The first-order valence-electron chi connectivity index (χ1n) is 10.2. The second kappa shape index (κ2) is 8.92. The van der Waals surface area contributed by atoms with Gasteiger partial charge in [0.15, 0.2) is 0 Å². The molecule has 0 aliphatic carbocycles. The van der Waals surface area contributed by atoms with Crippen molar-refractivity contribution in [1.82, 2.24) is 9.80 Å². The average molecular weight is 418 g/mol. The second-order valence-electron chi connectivity index (χ2n) is 7.47. The van der Waals surface area contributed by atoms with E-state index in [0.717, 1.165) is 5.56 Å². The molecule has 158 valence electrons. The van der Waals surface area contributed by atoms with Crippen LogP contribution in [0.3, 0.4) is 0 Å². The highest BCUT2D eigenvalue weighted by molar-refractivity contribution is 6.21. The standard InChI is InChI=1S/C24H22N2O5/c27-22-20-9-1-2-10-21(20)23(28)26(22)13-4-3-6-17-7-5-8-19(16-17)31-18-11-14-25(15-12-18)24(29)30/h1-2,5,7-10,16,18H,4,11-15H2,(H,29,30). The van der Waals surface area contributed by atoms with Crippen molar-refractivity contribution in [3.63, 3.8) is 0 Å². The summed E-state index contributed by atoms with van der Waals surface area (Å²) < 4.78 is 5.99. The van der Waals surface area contributed by atoms with Crippen LogP contribution in [-0.2, 0) is 0 Å². The number of carbonyl (C=O) groups excluding carboxylic acids is 2. The monoisotopic (exact) mass is 418 g/mol. The molecule has 0 saturated carbocycles. The van der Waals surface area contributed by atoms with Crippen LogP contribution in [0.5, 0.6) is 5.75 Å². The Labute approximate surface area is 180 Å². The molecule has 2 aromatic carbocycles. The third-order valence-corrected chi connectivity index (χ3v) is 5.42. The van der Waals surface area contributed by atoms with E-state index in [0.29, 0.717) is 49.2 Å². The van der Waals surface area contributed by atoms with E-state index in [1.54, 1.807) is 24.3 Å². The third kappa shape index (κ3) is 4.53. The van der Waals surface area contributed by atoms with E-state index in [2.05, 4.69) is 11.8 Å². The van der Waals surface area contributed by atoms with Gasteiger partial charge in [0, 0.05) is 44.5 Å². The van der Waals surface area contributed by atoms with Crippen LogP contribution in [0.4, 0.5) is 4.79 Å². The summed E-state index contributed by atoms with van der Waals surface area (Å²) in [6, 6.07) is 14.3. The molecule has 0 bridgehead atoms. The van der Waals surface area contributed by atoms with Crippen molar-refractivity contribution < 1.29 is 24.2 Å². The van der Waals surface area contributed by atoms with Gasteiger partial charge in [-0.1, -0.05) is 30.0 Å². The number of amides is 3. The van der Waals surface area contributed by atoms with Crippen LogP contribution >= 0.6 is 0 Å². The van der Waals surface area contributed by atoms with Crippen LogP contribution in [0.1, 0.15) is 45.5 Å². The van der Waals surface area contributed by atoms with E-state index in [9.17, 15) is 14.4 Å². The number of hydrogen-bond donors (Lipinski definition) is 1. The van der Waals surface area contributed by atoms with Gasteiger partial charge in [-0.2, -0.15) is 0 Å². The van der Waals surface area contributed by atoms with Crippen molar-refractivity contribution in [2.24, 2.45) is 0 Å². The Morgan fingerprint density at radius 2 is 1.71 bits per heavy atom. The molecule has 2 aliphatic rings. The van der Waals surface area contributed by atoms with Gasteiger partial charge in [0.05, 0.1) is 11.1 Å². The Morgan fingerprint density at radius 3 is 2.35 bits per heavy atom. The van der Waals surface area contributed by atoms with Crippen LogP contribution in [0.25, 0.3) is 0 Å². The molecule has 7 nitrogen and oxygen atoms in total. The van der Waals surface area contributed by atoms with Crippen LogP contribution in [0.2, 0.25) is 0 Å². The van der Waals surface area contributed by atoms with E-state index < -0.39 is 6.09 Å². The van der Waals surface area contributed by atoms with Crippen molar-refractivity contribution in [1.29, 1.82) is 0 Å². The molecule has 31 heavy (non-hydrogen) atoms. The summed E-state index contributed by atoms with van der Waals surface area (Å²) >= 11 is 0. The van der Waals surface area contributed by atoms with Crippen molar-refractivity contribution in [2.75, 3.05) is 19.6 Å². The van der Waals surface area contributed by atoms with Gasteiger partial charge in [-0.25, -0.2) is 4.79 Å². The predicted octanol–water partition coefficient (Wildman–Crippen LogP) is 3.25. The summed E-state index contributed by atoms with van der Waals surface area (Å²) in [6.45, 7) is 1.19. The van der Waals surface area contributed by atoms with Gasteiger partial charge in [0.2, 0.25) is 0 Å². The van der Waals surface area contributed by atoms with Gasteiger partial charge in [-0.15, -0.1) is 0 Å². The fraction of sp³-hybridized carbons (Fsp3) is 0.292. The predicted molar refractivity (Wildman–Crippen MR) is 113 cm³/mol.